The summed E-state index contributed by atoms with van der Waals surface area (Å²) >= 11 is 0. The molecule has 1 aromatic rings. The summed E-state index contributed by atoms with van der Waals surface area (Å²) in [5.74, 6) is 0. The highest BCUT2D eigenvalue weighted by Crippen LogP contribution is 2.11. The Morgan fingerprint density at radius 2 is 1.86 bits per heavy atom. The lowest BCUT2D eigenvalue weighted by Gasteiger charge is -2.05. The van der Waals surface area contributed by atoms with Gasteiger partial charge in [-0.05, 0) is 63.4 Å². The van der Waals surface area contributed by atoms with Crippen LogP contribution in [0.4, 0.5) is 0 Å². The first-order chi connectivity index (χ1) is 6.74. The Balaban J connectivity index is 2.39. The molecule has 0 fully saturated rings. The highest BCUT2D eigenvalue weighted by atomic mass is 14.8. The third-order valence-electron chi connectivity index (χ3n) is 2.71. The zero-order valence-corrected chi connectivity index (χ0v) is 9.56. The van der Waals surface area contributed by atoms with E-state index in [1.165, 1.54) is 36.0 Å². The zero-order valence-electron chi connectivity index (χ0n) is 9.56. The number of hydrogen-bond acceptors (Lipinski definition) is 1. The molecule has 0 radical (unpaired) electrons. The van der Waals surface area contributed by atoms with Crippen LogP contribution >= 0.6 is 0 Å². The summed E-state index contributed by atoms with van der Waals surface area (Å²) in [6.45, 7) is 5.48. The second-order valence-corrected chi connectivity index (χ2v) is 3.98. The Bertz CT molecular complexity index is 279. The summed E-state index contributed by atoms with van der Waals surface area (Å²) in [4.78, 5) is 0. The summed E-state index contributed by atoms with van der Waals surface area (Å²) in [6, 6.07) is 6.79. The van der Waals surface area contributed by atoms with E-state index in [4.69, 9.17) is 0 Å². The molecule has 0 aliphatic rings. The highest BCUT2D eigenvalue weighted by molar-refractivity contribution is 5.29. The van der Waals surface area contributed by atoms with Crippen molar-refractivity contribution in [2.24, 2.45) is 0 Å². The maximum atomic E-state index is 3.17. The molecule has 0 bridgehead atoms. The molecule has 0 aromatic heterocycles. The van der Waals surface area contributed by atoms with E-state index in [9.17, 15) is 0 Å². The van der Waals surface area contributed by atoms with Crippen molar-refractivity contribution in [1.29, 1.82) is 0 Å². The van der Waals surface area contributed by atoms with Gasteiger partial charge in [0.15, 0.2) is 0 Å². The molecule has 0 aliphatic carbocycles. The first-order valence-electron chi connectivity index (χ1n) is 5.45. The van der Waals surface area contributed by atoms with Crippen molar-refractivity contribution in [3.8, 4) is 0 Å². The monoisotopic (exact) mass is 191 g/mol. The molecule has 1 N–H and O–H groups in total. The number of benzene rings is 1. The van der Waals surface area contributed by atoms with Crippen molar-refractivity contribution in [1.82, 2.24) is 5.32 Å². The van der Waals surface area contributed by atoms with Crippen LogP contribution in [0.3, 0.4) is 0 Å². The summed E-state index contributed by atoms with van der Waals surface area (Å²) in [6.07, 6.45) is 3.76. The lowest BCUT2D eigenvalue weighted by atomic mass is 10.0. The number of nitrogens with one attached hydrogen (secondary N) is 1. The third-order valence-corrected chi connectivity index (χ3v) is 2.71. The van der Waals surface area contributed by atoms with Crippen molar-refractivity contribution >= 4 is 0 Å². The Hall–Kier alpha value is -0.820. The second kappa shape index (κ2) is 5.82. The Kier molecular flexibility index (Phi) is 4.68. The van der Waals surface area contributed by atoms with Crippen molar-refractivity contribution in [2.75, 3.05) is 13.6 Å². The van der Waals surface area contributed by atoms with Crippen LogP contribution in [0.1, 0.15) is 29.5 Å². The molecule has 0 spiro atoms. The first kappa shape index (κ1) is 11.3. The standard InChI is InChI=1S/C13H21N/c1-11-7-8-13(10-12(11)2)6-4-5-9-14-3/h7-8,10,14H,4-6,9H2,1-3H3. The van der Waals surface area contributed by atoms with Gasteiger partial charge in [0.1, 0.15) is 0 Å². The van der Waals surface area contributed by atoms with Crippen molar-refractivity contribution in [3.05, 3.63) is 34.9 Å². The Morgan fingerprint density at radius 3 is 2.50 bits per heavy atom. The fraction of sp³-hybridized carbons (Fsp3) is 0.538. The molecule has 1 nitrogen and oxygen atoms in total. The van der Waals surface area contributed by atoms with Crippen molar-refractivity contribution in [3.63, 3.8) is 0 Å². The summed E-state index contributed by atoms with van der Waals surface area (Å²) in [5, 5.41) is 3.17. The van der Waals surface area contributed by atoms with Gasteiger partial charge in [0.05, 0.1) is 0 Å². The average Bonchev–Trinajstić information content (AvgIpc) is 2.18. The molecule has 1 heteroatoms. The van der Waals surface area contributed by atoms with Gasteiger partial charge in [-0.25, -0.2) is 0 Å². The Morgan fingerprint density at radius 1 is 1.07 bits per heavy atom. The van der Waals surface area contributed by atoms with Gasteiger partial charge in [-0.2, -0.15) is 0 Å². The van der Waals surface area contributed by atoms with Gasteiger partial charge in [0.25, 0.3) is 0 Å². The lowest BCUT2D eigenvalue weighted by molar-refractivity contribution is 0.677. The van der Waals surface area contributed by atoms with Crippen LogP contribution in [-0.4, -0.2) is 13.6 Å². The maximum absolute atomic E-state index is 3.17. The summed E-state index contributed by atoms with van der Waals surface area (Å²) in [7, 11) is 2.01. The minimum atomic E-state index is 1.13. The predicted molar refractivity (Wildman–Crippen MR) is 62.8 cm³/mol. The van der Waals surface area contributed by atoms with E-state index in [0.29, 0.717) is 0 Å². The van der Waals surface area contributed by atoms with Crippen LogP contribution in [0.5, 0.6) is 0 Å². The molecule has 0 aliphatic heterocycles. The van der Waals surface area contributed by atoms with Gasteiger partial charge in [0, 0.05) is 0 Å². The molecule has 1 aromatic carbocycles. The molecule has 0 amide bonds. The number of unbranched alkanes of at least 4 members (excludes halogenated alkanes) is 1. The molecule has 0 saturated heterocycles. The van der Waals surface area contributed by atoms with Gasteiger partial charge in [0.2, 0.25) is 0 Å². The first-order valence-corrected chi connectivity index (χ1v) is 5.45. The van der Waals surface area contributed by atoms with Gasteiger partial charge >= 0.3 is 0 Å². The van der Waals surface area contributed by atoms with Gasteiger partial charge in [-0.1, -0.05) is 18.2 Å². The largest absolute Gasteiger partial charge is 0.320 e. The molecule has 0 saturated carbocycles. The van der Waals surface area contributed by atoms with Gasteiger partial charge < -0.3 is 5.32 Å². The molecular weight excluding hydrogens is 170 g/mol. The Labute approximate surface area is 87.5 Å². The van der Waals surface area contributed by atoms with Crippen LogP contribution in [0, 0.1) is 13.8 Å². The van der Waals surface area contributed by atoms with E-state index in [-0.39, 0.29) is 0 Å². The molecule has 14 heavy (non-hydrogen) atoms. The maximum Gasteiger partial charge on any atom is -0.00518 e. The van der Waals surface area contributed by atoms with E-state index in [1.807, 2.05) is 7.05 Å². The van der Waals surface area contributed by atoms with E-state index in [0.717, 1.165) is 6.54 Å². The van der Waals surface area contributed by atoms with Gasteiger partial charge in [-0.3, -0.25) is 0 Å². The second-order valence-electron chi connectivity index (χ2n) is 3.98. The van der Waals surface area contributed by atoms with Crippen LogP contribution in [0.2, 0.25) is 0 Å². The number of hydrogen-bond donors (Lipinski definition) is 1. The summed E-state index contributed by atoms with van der Waals surface area (Å²) < 4.78 is 0. The fourth-order valence-corrected chi connectivity index (χ4v) is 1.59. The quantitative estimate of drug-likeness (QED) is 0.706. The fourth-order valence-electron chi connectivity index (χ4n) is 1.59. The molecule has 0 atom stereocenters. The SMILES string of the molecule is CNCCCCc1ccc(C)c(C)c1. The molecule has 0 heterocycles. The smallest absolute Gasteiger partial charge is 0.00518 e. The van der Waals surface area contributed by atoms with Gasteiger partial charge in [-0.15, -0.1) is 0 Å². The topological polar surface area (TPSA) is 12.0 Å². The van der Waals surface area contributed by atoms with E-state index >= 15 is 0 Å². The van der Waals surface area contributed by atoms with Crippen LogP contribution in [0.25, 0.3) is 0 Å². The summed E-state index contributed by atoms with van der Waals surface area (Å²) in [5.41, 5.74) is 4.28. The third kappa shape index (κ3) is 3.51. The van der Waals surface area contributed by atoms with Crippen molar-refractivity contribution < 1.29 is 0 Å². The van der Waals surface area contributed by atoms with Crippen LogP contribution < -0.4 is 5.32 Å². The molecule has 0 unspecified atom stereocenters. The molecular formula is C13H21N. The minimum Gasteiger partial charge on any atom is -0.320 e. The van der Waals surface area contributed by atoms with Crippen LogP contribution in [0.15, 0.2) is 18.2 Å². The molecule has 78 valence electrons. The van der Waals surface area contributed by atoms with E-state index in [2.05, 4.69) is 37.4 Å². The molecule has 1 rings (SSSR count). The van der Waals surface area contributed by atoms with E-state index in [1.54, 1.807) is 0 Å². The normalized spacial score (nSPS) is 10.5. The average molecular weight is 191 g/mol. The van der Waals surface area contributed by atoms with E-state index < -0.39 is 0 Å². The number of aryl methyl sites for hydroxylation is 3. The minimum absolute atomic E-state index is 1.13. The highest BCUT2D eigenvalue weighted by Gasteiger charge is 1.96. The van der Waals surface area contributed by atoms with Crippen LogP contribution in [-0.2, 0) is 6.42 Å². The van der Waals surface area contributed by atoms with Crippen molar-refractivity contribution in [2.45, 2.75) is 33.1 Å². The number of rotatable bonds is 5. The zero-order chi connectivity index (χ0) is 10.4. The predicted octanol–water partition coefficient (Wildman–Crippen LogP) is 2.85. The lowest BCUT2D eigenvalue weighted by Crippen LogP contribution is -2.07.